The molecule has 0 saturated carbocycles. The molecule has 0 bridgehead atoms. The summed E-state index contributed by atoms with van der Waals surface area (Å²) in [7, 11) is 0. The molecule has 0 aliphatic heterocycles. The van der Waals surface area contributed by atoms with Crippen molar-refractivity contribution >= 4 is 11.6 Å². The summed E-state index contributed by atoms with van der Waals surface area (Å²) in [5.41, 5.74) is 1.35. The summed E-state index contributed by atoms with van der Waals surface area (Å²) < 4.78 is 17.2. The Morgan fingerprint density at radius 1 is 0.889 bits per heavy atom. The lowest BCUT2D eigenvalue weighted by Gasteiger charge is -2.27. The number of amides is 1. The van der Waals surface area contributed by atoms with Crippen molar-refractivity contribution in [1.29, 1.82) is 0 Å². The van der Waals surface area contributed by atoms with Crippen LogP contribution in [0.1, 0.15) is 45.0 Å². The van der Waals surface area contributed by atoms with Crippen LogP contribution in [-0.4, -0.2) is 31.8 Å². The van der Waals surface area contributed by atoms with Crippen LogP contribution in [0.4, 0.5) is 5.69 Å². The standard InChI is InChI=1S/C22H29NO4/c1-6-25-19-14-17(15-20(26-7-2)21(19)27-8-3)22(24)23(16(4)5)18-12-10-9-11-13-18/h9-16H,6-8H2,1-5H3. The van der Waals surface area contributed by atoms with E-state index >= 15 is 0 Å². The minimum Gasteiger partial charge on any atom is -0.490 e. The monoisotopic (exact) mass is 371 g/mol. The van der Waals surface area contributed by atoms with Gasteiger partial charge in [0.1, 0.15) is 0 Å². The number of carbonyl (C=O) groups excluding carboxylic acids is 1. The quantitative estimate of drug-likeness (QED) is 0.626. The van der Waals surface area contributed by atoms with Gasteiger partial charge in [-0.05, 0) is 58.9 Å². The molecule has 146 valence electrons. The molecule has 5 nitrogen and oxygen atoms in total. The molecule has 2 aromatic carbocycles. The summed E-state index contributed by atoms with van der Waals surface area (Å²) >= 11 is 0. The topological polar surface area (TPSA) is 48.0 Å². The van der Waals surface area contributed by atoms with Crippen LogP contribution >= 0.6 is 0 Å². The molecule has 27 heavy (non-hydrogen) atoms. The van der Waals surface area contributed by atoms with E-state index in [1.165, 1.54) is 0 Å². The predicted octanol–water partition coefficient (Wildman–Crippen LogP) is 4.94. The van der Waals surface area contributed by atoms with Gasteiger partial charge in [0.25, 0.3) is 5.91 Å². The van der Waals surface area contributed by atoms with Crippen LogP contribution in [0.25, 0.3) is 0 Å². The largest absolute Gasteiger partial charge is 0.490 e. The van der Waals surface area contributed by atoms with Crippen molar-refractivity contribution in [2.45, 2.75) is 40.7 Å². The fourth-order valence-electron chi connectivity index (χ4n) is 2.89. The number of anilines is 1. The summed E-state index contributed by atoms with van der Waals surface area (Å²) in [5.74, 6) is 1.46. The molecule has 0 aliphatic carbocycles. The predicted molar refractivity (Wildman–Crippen MR) is 108 cm³/mol. The van der Waals surface area contributed by atoms with Crippen molar-refractivity contribution in [3.63, 3.8) is 0 Å². The Morgan fingerprint density at radius 3 is 1.85 bits per heavy atom. The first-order valence-corrected chi connectivity index (χ1v) is 9.48. The lowest BCUT2D eigenvalue weighted by Crippen LogP contribution is -2.37. The van der Waals surface area contributed by atoms with Crippen LogP contribution in [0.15, 0.2) is 42.5 Å². The van der Waals surface area contributed by atoms with Gasteiger partial charge in [0.2, 0.25) is 5.75 Å². The van der Waals surface area contributed by atoms with E-state index in [0.29, 0.717) is 42.6 Å². The van der Waals surface area contributed by atoms with Gasteiger partial charge < -0.3 is 19.1 Å². The maximum atomic E-state index is 13.3. The molecule has 0 spiro atoms. The number of benzene rings is 2. The van der Waals surface area contributed by atoms with Gasteiger partial charge in [-0.1, -0.05) is 18.2 Å². The van der Waals surface area contributed by atoms with Crippen LogP contribution in [0, 0.1) is 0 Å². The molecule has 2 rings (SSSR count). The van der Waals surface area contributed by atoms with Crippen molar-refractivity contribution in [2.24, 2.45) is 0 Å². The number of carbonyl (C=O) groups is 1. The molecular formula is C22H29NO4. The lowest BCUT2D eigenvalue weighted by atomic mass is 10.1. The van der Waals surface area contributed by atoms with E-state index in [1.807, 2.05) is 65.0 Å². The zero-order chi connectivity index (χ0) is 19.8. The van der Waals surface area contributed by atoms with E-state index in [4.69, 9.17) is 14.2 Å². The Bertz CT molecular complexity index is 716. The molecule has 0 heterocycles. The third-order valence-electron chi connectivity index (χ3n) is 3.93. The molecule has 0 aliphatic rings. The number of nitrogens with zero attached hydrogens (tertiary/aromatic N) is 1. The van der Waals surface area contributed by atoms with E-state index in [9.17, 15) is 4.79 Å². The Balaban J connectivity index is 2.53. The van der Waals surface area contributed by atoms with E-state index in [-0.39, 0.29) is 11.9 Å². The molecule has 0 saturated heterocycles. The van der Waals surface area contributed by atoms with Gasteiger partial charge in [0, 0.05) is 17.3 Å². The van der Waals surface area contributed by atoms with Gasteiger partial charge >= 0.3 is 0 Å². The zero-order valence-electron chi connectivity index (χ0n) is 16.8. The fourth-order valence-corrected chi connectivity index (χ4v) is 2.89. The van der Waals surface area contributed by atoms with E-state index in [0.717, 1.165) is 5.69 Å². The molecule has 0 atom stereocenters. The van der Waals surface area contributed by atoms with E-state index in [1.54, 1.807) is 17.0 Å². The highest BCUT2D eigenvalue weighted by Gasteiger charge is 2.24. The Morgan fingerprint density at radius 2 is 1.41 bits per heavy atom. The summed E-state index contributed by atoms with van der Waals surface area (Å²) in [4.78, 5) is 15.1. The first-order chi connectivity index (χ1) is 13.0. The molecule has 0 N–H and O–H groups in total. The molecule has 5 heteroatoms. The summed E-state index contributed by atoms with van der Waals surface area (Å²) in [6.45, 7) is 11.1. The van der Waals surface area contributed by atoms with Crippen LogP contribution in [0.2, 0.25) is 0 Å². The van der Waals surface area contributed by atoms with Crippen LogP contribution in [-0.2, 0) is 0 Å². The second-order valence-corrected chi connectivity index (χ2v) is 6.21. The van der Waals surface area contributed by atoms with E-state index in [2.05, 4.69) is 0 Å². The number of hydrogen-bond acceptors (Lipinski definition) is 4. The third kappa shape index (κ3) is 4.94. The highest BCUT2D eigenvalue weighted by Crippen LogP contribution is 2.39. The molecule has 0 radical (unpaired) electrons. The van der Waals surface area contributed by atoms with Crippen molar-refractivity contribution in [3.8, 4) is 17.2 Å². The highest BCUT2D eigenvalue weighted by atomic mass is 16.5. The van der Waals surface area contributed by atoms with Gasteiger partial charge in [0.15, 0.2) is 11.5 Å². The summed E-state index contributed by atoms with van der Waals surface area (Å²) in [6.07, 6.45) is 0. The van der Waals surface area contributed by atoms with Gasteiger partial charge in [-0.2, -0.15) is 0 Å². The summed E-state index contributed by atoms with van der Waals surface area (Å²) in [5, 5.41) is 0. The normalized spacial score (nSPS) is 10.6. The fraction of sp³-hybridized carbons (Fsp3) is 0.409. The maximum Gasteiger partial charge on any atom is 0.258 e. The number of rotatable bonds is 9. The van der Waals surface area contributed by atoms with E-state index < -0.39 is 0 Å². The molecular weight excluding hydrogens is 342 g/mol. The second-order valence-electron chi connectivity index (χ2n) is 6.21. The van der Waals surface area contributed by atoms with Crippen molar-refractivity contribution in [2.75, 3.05) is 24.7 Å². The number of ether oxygens (including phenoxy) is 3. The lowest BCUT2D eigenvalue weighted by molar-refractivity contribution is 0.0979. The highest BCUT2D eigenvalue weighted by molar-refractivity contribution is 6.07. The van der Waals surface area contributed by atoms with Gasteiger partial charge in [-0.3, -0.25) is 4.79 Å². The third-order valence-corrected chi connectivity index (χ3v) is 3.93. The van der Waals surface area contributed by atoms with Crippen LogP contribution in [0.5, 0.6) is 17.2 Å². The molecule has 0 fully saturated rings. The molecule has 0 unspecified atom stereocenters. The van der Waals surface area contributed by atoms with Crippen molar-refractivity contribution in [3.05, 3.63) is 48.0 Å². The summed E-state index contributed by atoms with van der Waals surface area (Å²) in [6, 6.07) is 13.1. The van der Waals surface area contributed by atoms with Crippen LogP contribution < -0.4 is 19.1 Å². The first kappa shape index (κ1) is 20.6. The van der Waals surface area contributed by atoms with Gasteiger partial charge in [-0.15, -0.1) is 0 Å². The van der Waals surface area contributed by atoms with Gasteiger partial charge in [0.05, 0.1) is 19.8 Å². The van der Waals surface area contributed by atoms with Crippen LogP contribution in [0.3, 0.4) is 0 Å². The molecule has 1 amide bonds. The minimum absolute atomic E-state index is 0.00226. The SMILES string of the molecule is CCOc1cc(C(=O)N(c2ccccc2)C(C)C)cc(OCC)c1OCC. The number of hydrogen-bond donors (Lipinski definition) is 0. The van der Waals surface area contributed by atoms with Crippen molar-refractivity contribution in [1.82, 2.24) is 0 Å². The minimum atomic E-state index is -0.110. The van der Waals surface area contributed by atoms with Crippen molar-refractivity contribution < 1.29 is 19.0 Å². The first-order valence-electron chi connectivity index (χ1n) is 9.48. The Hall–Kier alpha value is -2.69. The average molecular weight is 371 g/mol. The van der Waals surface area contributed by atoms with Gasteiger partial charge in [-0.25, -0.2) is 0 Å². The Labute approximate surface area is 161 Å². The maximum absolute atomic E-state index is 13.3. The zero-order valence-corrected chi connectivity index (χ0v) is 16.8. The average Bonchev–Trinajstić information content (AvgIpc) is 2.65. The second kappa shape index (κ2) is 9.86. The number of para-hydroxylation sites is 1. The molecule has 0 aromatic heterocycles. The smallest absolute Gasteiger partial charge is 0.258 e. The molecule has 2 aromatic rings. The Kier molecular flexibility index (Phi) is 7.53.